The van der Waals surface area contributed by atoms with Crippen LogP contribution in [0.5, 0.6) is 0 Å². The molecule has 2 aliphatic rings. The molecule has 2 heteroatoms. The van der Waals surface area contributed by atoms with Crippen LogP contribution in [0.1, 0.15) is 46.0 Å². The van der Waals surface area contributed by atoms with Crippen molar-refractivity contribution < 1.29 is 4.79 Å². The Morgan fingerprint density at radius 2 is 2.23 bits per heavy atom. The highest BCUT2D eigenvalue weighted by molar-refractivity contribution is 5.77. The SMILES string of the molecule is C[C@@H]1NC(=O)C[C@H]2CCCC[C@]21C. The number of fused-ring (bicyclic) bond motifs is 1. The molecule has 13 heavy (non-hydrogen) atoms. The van der Waals surface area contributed by atoms with Crippen molar-refractivity contribution in [1.29, 1.82) is 0 Å². The van der Waals surface area contributed by atoms with E-state index in [0.29, 0.717) is 17.4 Å². The van der Waals surface area contributed by atoms with Gasteiger partial charge in [0.15, 0.2) is 0 Å². The Morgan fingerprint density at radius 3 is 3.00 bits per heavy atom. The van der Waals surface area contributed by atoms with Gasteiger partial charge in [-0.15, -0.1) is 0 Å². The zero-order valence-electron chi connectivity index (χ0n) is 8.60. The Hall–Kier alpha value is -0.530. The van der Waals surface area contributed by atoms with Gasteiger partial charge in [0, 0.05) is 12.5 Å². The van der Waals surface area contributed by atoms with Crippen molar-refractivity contribution in [1.82, 2.24) is 5.32 Å². The fraction of sp³-hybridized carbons (Fsp3) is 0.909. The molecule has 2 fully saturated rings. The molecule has 1 saturated heterocycles. The van der Waals surface area contributed by atoms with E-state index in [4.69, 9.17) is 0 Å². The second-order valence-electron chi connectivity index (χ2n) is 4.94. The lowest BCUT2D eigenvalue weighted by molar-refractivity contribution is -0.130. The lowest BCUT2D eigenvalue weighted by atomic mass is 9.61. The first-order chi connectivity index (χ1) is 6.13. The normalized spacial score (nSPS) is 45.2. The number of carbonyl (C=O) groups excluding carboxylic acids is 1. The molecule has 2 nitrogen and oxygen atoms in total. The van der Waals surface area contributed by atoms with Crippen molar-refractivity contribution in [2.24, 2.45) is 11.3 Å². The fourth-order valence-electron chi connectivity index (χ4n) is 3.02. The zero-order valence-corrected chi connectivity index (χ0v) is 8.60. The maximum Gasteiger partial charge on any atom is 0.220 e. The molecule has 1 aliphatic carbocycles. The molecule has 0 aromatic carbocycles. The molecule has 0 aromatic heterocycles. The summed E-state index contributed by atoms with van der Waals surface area (Å²) in [5.74, 6) is 0.905. The standard InChI is InChI=1S/C11H19NO/c1-8-11(2)6-4-3-5-9(11)7-10(13)12-8/h8-9H,3-7H2,1-2H3,(H,12,13)/t8-,9+,11-/m0/s1. The minimum atomic E-state index is 0.261. The number of piperidine rings is 1. The Morgan fingerprint density at radius 1 is 1.46 bits per heavy atom. The van der Waals surface area contributed by atoms with Crippen LogP contribution in [0, 0.1) is 11.3 Å². The van der Waals surface area contributed by atoms with Crippen molar-refractivity contribution in [3.05, 3.63) is 0 Å². The smallest absolute Gasteiger partial charge is 0.220 e. The molecular formula is C11H19NO. The van der Waals surface area contributed by atoms with Gasteiger partial charge in [0.25, 0.3) is 0 Å². The second-order valence-corrected chi connectivity index (χ2v) is 4.94. The first-order valence-corrected chi connectivity index (χ1v) is 5.42. The van der Waals surface area contributed by atoms with Gasteiger partial charge in [-0.25, -0.2) is 0 Å². The van der Waals surface area contributed by atoms with E-state index in [9.17, 15) is 4.79 Å². The number of amides is 1. The molecule has 3 atom stereocenters. The van der Waals surface area contributed by atoms with E-state index in [1.54, 1.807) is 0 Å². The van der Waals surface area contributed by atoms with Crippen molar-refractivity contribution in [3.63, 3.8) is 0 Å². The van der Waals surface area contributed by atoms with Gasteiger partial charge in [-0.3, -0.25) is 4.79 Å². The Labute approximate surface area is 80.1 Å². The summed E-state index contributed by atoms with van der Waals surface area (Å²) >= 11 is 0. The zero-order chi connectivity index (χ0) is 9.47. The van der Waals surface area contributed by atoms with Crippen LogP contribution < -0.4 is 5.32 Å². The molecule has 2 rings (SSSR count). The third-order valence-corrected chi connectivity index (χ3v) is 4.25. The number of rotatable bonds is 0. The number of hydrogen-bond donors (Lipinski definition) is 1. The molecule has 0 radical (unpaired) electrons. The van der Waals surface area contributed by atoms with E-state index in [2.05, 4.69) is 19.2 Å². The minimum absolute atomic E-state index is 0.261. The van der Waals surface area contributed by atoms with E-state index in [1.165, 1.54) is 25.7 Å². The van der Waals surface area contributed by atoms with Gasteiger partial charge < -0.3 is 5.32 Å². The summed E-state index contributed by atoms with van der Waals surface area (Å²) in [5, 5.41) is 3.08. The highest BCUT2D eigenvalue weighted by Crippen LogP contribution is 2.47. The molecular weight excluding hydrogens is 162 g/mol. The van der Waals surface area contributed by atoms with Gasteiger partial charge in [-0.05, 0) is 31.1 Å². The summed E-state index contributed by atoms with van der Waals surface area (Å²) in [7, 11) is 0. The Kier molecular flexibility index (Phi) is 2.09. The van der Waals surface area contributed by atoms with E-state index in [0.717, 1.165) is 6.42 Å². The Balaban J connectivity index is 2.19. The molecule has 1 heterocycles. The van der Waals surface area contributed by atoms with Gasteiger partial charge in [0.2, 0.25) is 5.91 Å². The van der Waals surface area contributed by atoms with Crippen LogP contribution in [-0.4, -0.2) is 11.9 Å². The van der Waals surface area contributed by atoms with Crippen LogP contribution in [0.2, 0.25) is 0 Å². The topological polar surface area (TPSA) is 29.1 Å². The fourth-order valence-corrected chi connectivity index (χ4v) is 3.02. The van der Waals surface area contributed by atoms with Crippen molar-refractivity contribution >= 4 is 5.91 Å². The van der Waals surface area contributed by atoms with E-state index >= 15 is 0 Å². The van der Waals surface area contributed by atoms with E-state index < -0.39 is 0 Å². The highest BCUT2D eigenvalue weighted by atomic mass is 16.1. The van der Waals surface area contributed by atoms with Gasteiger partial charge >= 0.3 is 0 Å². The van der Waals surface area contributed by atoms with E-state index in [1.807, 2.05) is 0 Å². The third kappa shape index (κ3) is 1.36. The van der Waals surface area contributed by atoms with Gasteiger partial charge in [0.1, 0.15) is 0 Å². The van der Waals surface area contributed by atoms with Crippen LogP contribution in [0.4, 0.5) is 0 Å². The molecule has 0 aromatic rings. The number of hydrogen-bond acceptors (Lipinski definition) is 1. The summed E-state index contributed by atoms with van der Waals surface area (Å²) in [5.41, 5.74) is 0.381. The van der Waals surface area contributed by atoms with Gasteiger partial charge in [0.05, 0.1) is 0 Å². The molecule has 1 saturated carbocycles. The van der Waals surface area contributed by atoms with Crippen molar-refractivity contribution in [3.8, 4) is 0 Å². The molecule has 0 spiro atoms. The molecule has 0 unspecified atom stereocenters. The number of nitrogens with one attached hydrogen (secondary N) is 1. The monoisotopic (exact) mass is 181 g/mol. The quantitative estimate of drug-likeness (QED) is 0.609. The minimum Gasteiger partial charge on any atom is -0.353 e. The average Bonchev–Trinajstić information content (AvgIpc) is 2.07. The summed E-state index contributed by atoms with van der Waals surface area (Å²) in [6.45, 7) is 4.51. The summed E-state index contributed by atoms with van der Waals surface area (Å²) in [6, 6.07) is 0.374. The van der Waals surface area contributed by atoms with Crippen molar-refractivity contribution in [2.75, 3.05) is 0 Å². The van der Waals surface area contributed by atoms with Crippen LogP contribution in [0.15, 0.2) is 0 Å². The first-order valence-electron chi connectivity index (χ1n) is 5.42. The van der Waals surface area contributed by atoms with Crippen LogP contribution in [0.25, 0.3) is 0 Å². The predicted octanol–water partition coefficient (Wildman–Crippen LogP) is 2.09. The third-order valence-electron chi connectivity index (χ3n) is 4.25. The van der Waals surface area contributed by atoms with Gasteiger partial charge in [-0.2, -0.15) is 0 Å². The number of carbonyl (C=O) groups is 1. The molecule has 74 valence electrons. The molecule has 1 amide bonds. The maximum atomic E-state index is 11.4. The van der Waals surface area contributed by atoms with Crippen LogP contribution in [0.3, 0.4) is 0 Å². The van der Waals surface area contributed by atoms with E-state index in [-0.39, 0.29) is 5.91 Å². The largest absolute Gasteiger partial charge is 0.353 e. The Bertz CT molecular complexity index is 226. The summed E-state index contributed by atoms with van der Waals surface area (Å²) in [4.78, 5) is 11.4. The first kappa shape index (κ1) is 9.04. The highest BCUT2D eigenvalue weighted by Gasteiger charge is 2.45. The van der Waals surface area contributed by atoms with Crippen LogP contribution in [-0.2, 0) is 4.79 Å². The second kappa shape index (κ2) is 3.00. The predicted molar refractivity (Wildman–Crippen MR) is 52.3 cm³/mol. The average molecular weight is 181 g/mol. The molecule has 0 bridgehead atoms. The van der Waals surface area contributed by atoms with Crippen LogP contribution >= 0.6 is 0 Å². The maximum absolute atomic E-state index is 11.4. The summed E-state index contributed by atoms with van der Waals surface area (Å²) < 4.78 is 0. The molecule has 1 N–H and O–H groups in total. The lowest BCUT2D eigenvalue weighted by Gasteiger charge is -2.49. The lowest BCUT2D eigenvalue weighted by Crippen LogP contribution is -2.55. The van der Waals surface area contributed by atoms with Crippen molar-refractivity contribution in [2.45, 2.75) is 52.0 Å². The molecule has 1 aliphatic heterocycles. The summed E-state index contributed by atoms with van der Waals surface area (Å²) in [6.07, 6.45) is 5.97. The van der Waals surface area contributed by atoms with Gasteiger partial charge in [-0.1, -0.05) is 19.8 Å².